The van der Waals surface area contributed by atoms with Crippen molar-refractivity contribution in [3.63, 3.8) is 0 Å². The van der Waals surface area contributed by atoms with E-state index in [0.29, 0.717) is 11.0 Å². The Morgan fingerprint density at radius 2 is 1.69 bits per heavy atom. The third kappa shape index (κ3) is 5.13. The molecule has 4 aromatic carbocycles. The van der Waals surface area contributed by atoms with Crippen LogP contribution in [0, 0.1) is 0 Å². The average molecular weight is 494 g/mol. The molecule has 0 radical (unpaired) electrons. The number of nitrogens with zero attached hydrogens (tertiary/aromatic N) is 4. The minimum absolute atomic E-state index is 0.135. The molecule has 0 aliphatic rings. The van der Waals surface area contributed by atoms with Gasteiger partial charge in [0.05, 0.1) is 19.1 Å². The van der Waals surface area contributed by atoms with Crippen LogP contribution >= 0.6 is 11.8 Å². The highest BCUT2D eigenvalue weighted by molar-refractivity contribution is 7.99. The molecule has 0 unspecified atom stereocenters. The van der Waals surface area contributed by atoms with Gasteiger partial charge in [0.1, 0.15) is 5.75 Å². The van der Waals surface area contributed by atoms with Crippen molar-refractivity contribution in [2.24, 2.45) is 5.10 Å². The number of hydrogen-bond donors (Lipinski definition) is 1. The maximum atomic E-state index is 12.6. The second kappa shape index (κ2) is 10.9. The lowest BCUT2D eigenvalue weighted by molar-refractivity contribution is -0.118. The van der Waals surface area contributed by atoms with Gasteiger partial charge >= 0.3 is 0 Å². The highest BCUT2D eigenvalue weighted by Crippen LogP contribution is 2.28. The number of hydrazone groups is 1. The SMILES string of the molecule is COc1ccc(-n2c(SCC(=O)N/N=C/c3cccc4ccccc34)nnc2-c2ccccc2)cc1. The highest BCUT2D eigenvalue weighted by atomic mass is 32.2. The molecule has 5 aromatic rings. The Hall–Kier alpha value is -4.43. The van der Waals surface area contributed by atoms with Crippen molar-refractivity contribution in [1.29, 1.82) is 0 Å². The van der Waals surface area contributed by atoms with Gasteiger partial charge in [-0.1, -0.05) is 84.6 Å². The van der Waals surface area contributed by atoms with E-state index in [1.54, 1.807) is 13.3 Å². The molecule has 0 spiro atoms. The number of aromatic nitrogens is 3. The summed E-state index contributed by atoms with van der Waals surface area (Å²) in [5, 5.41) is 15.7. The maximum Gasteiger partial charge on any atom is 0.250 e. The fourth-order valence-electron chi connectivity index (χ4n) is 3.80. The van der Waals surface area contributed by atoms with Gasteiger partial charge in [0.25, 0.3) is 5.91 Å². The number of ether oxygens (including phenoxy) is 1. The number of hydrogen-bond acceptors (Lipinski definition) is 6. The quantitative estimate of drug-likeness (QED) is 0.179. The van der Waals surface area contributed by atoms with E-state index in [9.17, 15) is 4.79 Å². The lowest BCUT2D eigenvalue weighted by Crippen LogP contribution is -2.20. The van der Waals surface area contributed by atoms with Crippen LogP contribution in [0.4, 0.5) is 0 Å². The molecule has 1 aromatic heterocycles. The van der Waals surface area contributed by atoms with Crippen LogP contribution in [0.15, 0.2) is 107 Å². The van der Waals surface area contributed by atoms with E-state index in [-0.39, 0.29) is 11.7 Å². The van der Waals surface area contributed by atoms with Crippen molar-refractivity contribution in [2.45, 2.75) is 5.16 Å². The standard InChI is InChI=1S/C28H23N5O2S/c1-35-24-16-14-23(15-17-24)33-27(21-9-3-2-4-10-21)31-32-28(33)36-19-26(34)30-29-18-22-12-7-11-20-8-5-6-13-25(20)22/h2-18H,19H2,1H3,(H,30,34)/b29-18+. The molecule has 5 rings (SSSR count). The largest absolute Gasteiger partial charge is 0.497 e. The van der Waals surface area contributed by atoms with Gasteiger partial charge in [-0.05, 0) is 35.0 Å². The Labute approximate surface area is 212 Å². The van der Waals surface area contributed by atoms with Gasteiger partial charge in [-0.2, -0.15) is 5.10 Å². The molecule has 0 aliphatic carbocycles. The predicted molar refractivity (Wildman–Crippen MR) is 144 cm³/mol. The normalized spacial score (nSPS) is 11.1. The van der Waals surface area contributed by atoms with Gasteiger partial charge < -0.3 is 4.74 Å². The van der Waals surface area contributed by atoms with E-state index >= 15 is 0 Å². The number of benzene rings is 4. The molecule has 1 N–H and O–H groups in total. The first-order chi connectivity index (χ1) is 17.7. The topological polar surface area (TPSA) is 81.4 Å². The number of carbonyl (C=O) groups is 1. The summed E-state index contributed by atoms with van der Waals surface area (Å²) in [6, 6.07) is 31.5. The molecule has 7 nitrogen and oxygen atoms in total. The molecule has 0 saturated heterocycles. The Balaban J connectivity index is 1.32. The third-order valence-electron chi connectivity index (χ3n) is 5.54. The van der Waals surface area contributed by atoms with E-state index in [1.807, 2.05) is 102 Å². The van der Waals surface area contributed by atoms with Crippen LogP contribution in [0.5, 0.6) is 5.75 Å². The minimum atomic E-state index is -0.234. The summed E-state index contributed by atoms with van der Waals surface area (Å²) in [5.74, 6) is 1.35. The molecule has 0 saturated carbocycles. The molecular formula is C28H23N5O2S. The van der Waals surface area contributed by atoms with Gasteiger partial charge in [0.2, 0.25) is 0 Å². The van der Waals surface area contributed by atoms with Crippen molar-refractivity contribution >= 4 is 34.7 Å². The fourth-order valence-corrected chi connectivity index (χ4v) is 4.55. The number of carbonyl (C=O) groups excluding carboxylic acids is 1. The molecule has 178 valence electrons. The molecule has 0 aliphatic heterocycles. The van der Waals surface area contributed by atoms with E-state index in [2.05, 4.69) is 20.7 Å². The number of fused-ring (bicyclic) bond motifs is 1. The highest BCUT2D eigenvalue weighted by Gasteiger charge is 2.17. The van der Waals surface area contributed by atoms with Crippen molar-refractivity contribution in [3.8, 4) is 22.8 Å². The van der Waals surface area contributed by atoms with E-state index in [0.717, 1.165) is 33.3 Å². The monoisotopic (exact) mass is 493 g/mol. The van der Waals surface area contributed by atoms with E-state index in [1.165, 1.54) is 11.8 Å². The van der Waals surface area contributed by atoms with Crippen molar-refractivity contribution in [1.82, 2.24) is 20.2 Å². The van der Waals surface area contributed by atoms with Crippen LogP contribution in [-0.2, 0) is 4.79 Å². The zero-order valence-electron chi connectivity index (χ0n) is 19.5. The summed E-state index contributed by atoms with van der Waals surface area (Å²) in [6.07, 6.45) is 1.66. The molecule has 0 fully saturated rings. The van der Waals surface area contributed by atoms with Crippen LogP contribution in [0.1, 0.15) is 5.56 Å². The maximum absolute atomic E-state index is 12.6. The smallest absolute Gasteiger partial charge is 0.250 e. The molecule has 1 amide bonds. The van der Waals surface area contributed by atoms with Gasteiger partial charge in [-0.25, -0.2) is 5.43 Å². The van der Waals surface area contributed by atoms with Crippen LogP contribution in [0.2, 0.25) is 0 Å². The number of nitrogens with one attached hydrogen (secondary N) is 1. The average Bonchev–Trinajstić information content (AvgIpc) is 3.36. The van der Waals surface area contributed by atoms with Gasteiger partial charge in [-0.3, -0.25) is 9.36 Å². The third-order valence-corrected chi connectivity index (χ3v) is 6.47. The van der Waals surface area contributed by atoms with Gasteiger partial charge in [0.15, 0.2) is 11.0 Å². The summed E-state index contributed by atoms with van der Waals surface area (Å²) in [7, 11) is 1.63. The van der Waals surface area contributed by atoms with Crippen LogP contribution in [0.25, 0.3) is 27.8 Å². The van der Waals surface area contributed by atoms with Crippen LogP contribution in [-0.4, -0.2) is 39.7 Å². The van der Waals surface area contributed by atoms with E-state index in [4.69, 9.17) is 4.74 Å². The minimum Gasteiger partial charge on any atom is -0.497 e. The zero-order chi connectivity index (χ0) is 24.7. The Kier molecular flexibility index (Phi) is 7.05. The second-order valence-electron chi connectivity index (χ2n) is 7.86. The van der Waals surface area contributed by atoms with Crippen LogP contribution in [0.3, 0.4) is 0 Å². The van der Waals surface area contributed by atoms with Crippen molar-refractivity contribution < 1.29 is 9.53 Å². The lowest BCUT2D eigenvalue weighted by atomic mass is 10.1. The predicted octanol–water partition coefficient (Wildman–Crippen LogP) is 5.34. The lowest BCUT2D eigenvalue weighted by Gasteiger charge is -2.11. The number of amides is 1. The summed E-state index contributed by atoms with van der Waals surface area (Å²) in [4.78, 5) is 12.6. The van der Waals surface area contributed by atoms with Crippen LogP contribution < -0.4 is 10.2 Å². The van der Waals surface area contributed by atoms with Crippen molar-refractivity contribution in [3.05, 3.63) is 103 Å². The number of thioether (sulfide) groups is 1. The molecule has 0 atom stereocenters. The first-order valence-corrected chi connectivity index (χ1v) is 12.3. The summed E-state index contributed by atoms with van der Waals surface area (Å²) in [5.41, 5.74) is 5.35. The Morgan fingerprint density at radius 1 is 0.944 bits per heavy atom. The van der Waals surface area contributed by atoms with E-state index < -0.39 is 0 Å². The first kappa shape index (κ1) is 23.3. The molecular weight excluding hydrogens is 470 g/mol. The molecule has 36 heavy (non-hydrogen) atoms. The molecule has 1 heterocycles. The summed E-state index contributed by atoms with van der Waals surface area (Å²) >= 11 is 1.30. The number of rotatable bonds is 8. The summed E-state index contributed by atoms with van der Waals surface area (Å²) in [6.45, 7) is 0. The zero-order valence-corrected chi connectivity index (χ0v) is 20.4. The second-order valence-corrected chi connectivity index (χ2v) is 8.80. The van der Waals surface area contributed by atoms with Gasteiger partial charge in [0, 0.05) is 16.8 Å². The Morgan fingerprint density at radius 3 is 2.50 bits per heavy atom. The van der Waals surface area contributed by atoms with Gasteiger partial charge in [-0.15, -0.1) is 10.2 Å². The van der Waals surface area contributed by atoms with Crippen molar-refractivity contribution in [2.75, 3.05) is 12.9 Å². The summed E-state index contributed by atoms with van der Waals surface area (Å²) < 4.78 is 7.23. The molecule has 0 bridgehead atoms. The number of methoxy groups -OCH3 is 1. The Bertz CT molecular complexity index is 1510. The first-order valence-electron chi connectivity index (χ1n) is 11.3. The fraction of sp³-hybridized carbons (Fsp3) is 0.0714. The molecule has 8 heteroatoms.